The SMILES string of the molecule is COc1ccc(/C=N\NC(=O)COc2ccc(Cl)cc2)cc1OC(F)F. The third-order valence-electron chi connectivity index (χ3n) is 2.99. The molecule has 0 aliphatic heterocycles. The van der Waals surface area contributed by atoms with Gasteiger partial charge < -0.3 is 14.2 Å². The molecule has 0 bridgehead atoms. The van der Waals surface area contributed by atoms with Crippen LogP contribution in [0.1, 0.15) is 5.56 Å². The first-order valence-electron chi connectivity index (χ1n) is 7.31. The van der Waals surface area contributed by atoms with Gasteiger partial charge in [-0.25, -0.2) is 5.43 Å². The monoisotopic (exact) mass is 384 g/mol. The highest BCUT2D eigenvalue weighted by Crippen LogP contribution is 2.28. The van der Waals surface area contributed by atoms with Crippen LogP contribution in [0.2, 0.25) is 5.02 Å². The lowest BCUT2D eigenvalue weighted by molar-refractivity contribution is -0.123. The van der Waals surface area contributed by atoms with Crippen LogP contribution in [0.15, 0.2) is 47.6 Å². The Bertz CT molecular complexity index is 770. The van der Waals surface area contributed by atoms with Crippen LogP contribution in [0.5, 0.6) is 17.2 Å². The van der Waals surface area contributed by atoms with E-state index >= 15 is 0 Å². The summed E-state index contributed by atoms with van der Waals surface area (Å²) >= 11 is 5.75. The highest BCUT2D eigenvalue weighted by molar-refractivity contribution is 6.30. The predicted molar refractivity (Wildman–Crippen MR) is 92.3 cm³/mol. The molecule has 138 valence electrons. The summed E-state index contributed by atoms with van der Waals surface area (Å²) in [7, 11) is 1.34. The van der Waals surface area contributed by atoms with Gasteiger partial charge in [0.05, 0.1) is 13.3 Å². The second-order valence-electron chi connectivity index (χ2n) is 4.82. The predicted octanol–water partition coefficient (Wildman–Crippen LogP) is 3.48. The van der Waals surface area contributed by atoms with Crippen LogP contribution in [0.3, 0.4) is 0 Å². The zero-order valence-electron chi connectivity index (χ0n) is 13.6. The molecular weight excluding hydrogens is 370 g/mol. The molecular formula is C17H15ClF2N2O4. The number of nitrogens with zero attached hydrogens (tertiary/aromatic N) is 1. The minimum atomic E-state index is -2.99. The number of carbonyl (C=O) groups is 1. The molecule has 6 nitrogen and oxygen atoms in total. The van der Waals surface area contributed by atoms with E-state index in [0.29, 0.717) is 16.3 Å². The zero-order chi connectivity index (χ0) is 18.9. The van der Waals surface area contributed by atoms with Crippen LogP contribution >= 0.6 is 11.6 Å². The largest absolute Gasteiger partial charge is 0.493 e. The van der Waals surface area contributed by atoms with Crippen molar-refractivity contribution < 1.29 is 27.8 Å². The van der Waals surface area contributed by atoms with Crippen LogP contribution in [-0.2, 0) is 4.79 Å². The van der Waals surface area contributed by atoms with Crippen LogP contribution in [0.25, 0.3) is 0 Å². The van der Waals surface area contributed by atoms with Crippen molar-refractivity contribution >= 4 is 23.7 Å². The Morgan fingerprint density at radius 2 is 1.96 bits per heavy atom. The number of hydrogen-bond donors (Lipinski definition) is 1. The Kier molecular flexibility index (Phi) is 7.16. The maximum Gasteiger partial charge on any atom is 0.387 e. The first kappa shape index (κ1) is 19.5. The van der Waals surface area contributed by atoms with Gasteiger partial charge >= 0.3 is 6.61 Å². The number of hydrogen-bond acceptors (Lipinski definition) is 5. The molecule has 0 aliphatic carbocycles. The fourth-order valence-corrected chi connectivity index (χ4v) is 1.98. The fraction of sp³-hybridized carbons (Fsp3) is 0.176. The fourth-order valence-electron chi connectivity index (χ4n) is 1.85. The van der Waals surface area contributed by atoms with Gasteiger partial charge in [0.2, 0.25) is 0 Å². The summed E-state index contributed by atoms with van der Waals surface area (Å²) < 4.78 is 39.3. The van der Waals surface area contributed by atoms with Gasteiger partial charge in [0.15, 0.2) is 18.1 Å². The van der Waals surface area contributed by atoms with Gasteiger partial charge in [-0.05, 0) is 48.0 Å². The molecule has 0 fully saturated rings. The number of halogens is 3. The lowest BCUT2D eigenvalue weighted by Gasteiger charge is -2.10. The van der Waals surface area contributed by atoms with E-state index in [2.05, 4.69) is 15.3 Å². The smallest absolute Gasteiger partial charge is 0.387 e. The lowest BCUT2D eigenvalue weighted by atomic mass is 10.2. The van der Waals surface area contributed by atoms with E-state index in [1.54, 1.807) is 30.3 Å². The molecule has 9 heteroatoms. The van der Waals surface area contributed by atoms with Crippen molar-refractivity contribution in [2.24, 2.45) is 5.10 Å². The Morgan fingerprint density at radius 3 is 2.62 bits per heavy atom. The molecule has 1 amide bonds. The van der Waals surface area contributed by atoms with Crippen molar-refractivity contribution in [1.82, 2.24) is 5.43 Å². The Labute approximate surface area is 153 Å². The number of ether oxygens (including phenoxy) is 3. The van der Waals surface area contributed by atoms with E-state index in [9.17, 15) is 13.6 Å². The number of amides is 1. The van der Waals surface area contributed by atoms with Gasteiger partial charge in [-0.15, -0.1) is 0 Å². The molecule has 0 saturated carbocycles. The highest BCUT2D eigenvalue weighted by Gasteiger charge is 2.10. The average Bonchev–Trinajstić information content (AvgIpc) is 2.61. The van der Waals surface area contributed by atoms with Gasteiger partial charge in [0.1, 0.15) is 5.75 Å². The molecule has 1 N–H and O–H groups in total. The van der Waals surface area contributed by atoms with Crippen molar-refractivity contribution in [2.75, 3.05) is 13.7 Å². The first-order valence-corrected chi connectivity index (χ1v) is 7.69. The molecule has 0 radical (unpaired) electrons. The molecule has 0 unspecified atom stereocenters. The Balaban J connectivity index is 1.88. The van der Waals surface area contributed by atoms with Crippen LogP contribution < -0.4 is 19.6 Å². The normalized spacial score (nSPS) is 10.8. The van der Waals surface area contributed by atoms with Gasteiger partial charge in [-0.1, -0.05) is 11.6 Å². The van der Waals surface area contributed by atoms with E-state index < -0.39 is 12.5 Å². The van der Waals surface area contributed by atoms with Crippen LogP contribution in [0, 0.1) is 0 Å². The molecule has 0 spiro atoms. The standard InChI is InChI=1S/C17H15ClF2N2O4/c1-24-14-7-2-11(8-15(14)26-17(19)20)9-21-22-16(23)10-25-13-5-3-12(18)4-6-13/h2-9,17H,10H2,1H3,(H,22,23)/b21-9-. The van der Waals surface area contributed by atoms with Crippen molar-refractivity contribution in [3.8, 4) is 17.2 Å². The highest BCUT2D eigenvalue weighted by atomic mass is 35.5. The van der Waals surface area contributed by atoms with E-state index in [1.807, 2.05) is 0 Å². The third kappa shape index (κ3) is 6.21. The third-order valence-corrected chi connectivity index (χ3v) is 3.24. The number of benzene rings is 2. The Morgan fingerprint density at radius 1 is 1.23 bits per heavy atom. The maximum absolute atomic E-state index is 12.4. The molecule has 0 saturated heterocycles. The topological polar surface area (TPSA) is 69.2 Å². The number of nitrogens with one attached hydrogen (secondary N) is 1. The summed E-state index contributed by atoms with van der Waals surface area (Å²) in [6.07, 6.45) is 1.28. The van der Waals surface area contributed by atoms with Crippen molar-refractivity contribution in [2.45, 2.75) is 6.61 Å². The van der Waals surface area contributed by atoms with Gasteiger partial charge in [-0.2, -0.15) is 13.9 Å². The zero-order valence-corrected chi connectivity index (χ0v) is 14.4. The number of alkyl halides is 2. The number of rotatable bonds is 8. The minimum absolute atomic E-state index is 0.135. The summed E-state index contributed by atoms with van der Waals surface area (Å²) in [5.41, 5.74) is 2.69. The molecule has 0 atom stereocenters. The quantitative estimate of drug-likeness (QED) is 0.559. The van der Waals surface area contributed by atoms with Crippen molar-refractivity contribution in [3.05, 3.63) is 53.1 Å². The van der Waals surface area contributed by atoms with E-state index in [1.165, 1.54) is 25.5 Å². The molecule has 2 rings (SSSR count). The molecule has 0 aromatic heterocycles. The van der Waals surface area contributed by atoms with Gasteiger partial charge in [0, 0.05) is 5.02 Å². The number of carbonyl (C=O) groups excluding carboxylic acids is 1. The molecule has 0 aliphatic rings. The van der Waals surface area contributed by atoms with Crippen molar-refractivity contribution in [1.29, 1.82) is 0 Å². The van der Waals surface area contributed by atoms with E-state index in [-0.39, 0.29) is 18.1 Å². The molecule has 2 aromatic carbocycles. The second kappa shape index (κ2) is 9.57. The minimum Gasteiger partial charge on any atom is -0.493 e. The first-order chi connectivity index (χ1) is 12.5. The average molecular weight is 385 g/mol. The van der Waals surface area contributed by atoms with Gasteiger partial charge in [0.25, 0.3) is 5.91 Å². The molecule has 26 heavy (non-hydrogen) atoms. The molecule has 2 aromatic rings. The number of methoxy groups -OCH3 is 1. The summed E-state index contributed by atoms with van der Waals surface area (Å²) in [6, 6.07) is 10.8. The summed E-state index contributed by atoms with van der Waals surface area (Å²) in [6.45, 7) is -3.23. The van der Waals surface area contributed by atoms with E-state index in [4.69, 9.17) is 21.1 Å². The Hall–Kier alpha value is -2.87. The second-order valence-corrected chi connectivity index (χ2v) is 5.26. The van der Waals surface area contributed by atoms with Gasteiger partial charge in [-0.3, -0.25) is 4.79 Å². The summed E-state index contributed by atoms with van der Waals surface area (Å²) in [5.74, 6) is 0.0120. The van der Waals surface area contributed by atoms with Crippen LogP contribution in [0.4, 0.5) is 8.78 Å². The summed E-state index contributed by atoms with van der Waals surface area (Å²) in [5, 5.41) is 4.29. The lowest BCUT2D eigenvalue weighted by Crippen LogP contribution is -2.24. The maximum atomic E-state index is 12.4. The van der Waals surface area contributed by atoms with E-state index in [0.717, 1.165) is 0 Å². The number of hydrazone groups is 1. The summed E-state index contributed by atoms with van der Waals surface area (Å²) in [4.78, 5) is 11.7. The van der Waals surface area contributed by atoms with Crippen molar-refractivity contribution in [3.63, 3.8) is 0 Å². The molecule has 0 heterocycles. The van der Waals surface area contributed by atoms with Crippen LogP contribution in [-0.4, -0.2) is 32.4 Å².